The lowest BCUT2D eigenvalue weighted by Crippen LogP contribution is -2.46. The highest BCUT2D eigenvalue weighted by molar-refractivity contribution is 5.96. The van der Waals surface area contributed by atoms with Crippen LogP contribution in [0.5, 0.6) is 0 Å². The van der Waals surface area contributed by atoms with Gasteiger partial charge in [-0.15, -0.1) is 24.8 Å². The van der Waals surface area contributed by atoms with E-state index in [1.54, 1.807) is 0 Å². The number of Topliss-reactive ketones (excluding diaryl/α,β-unsaturated/α-hetero) is 1. The van der Waals surface area contributed by atoms with Crippen molar-refractivity contribution in [2.24, 2.45) is 0 Å². The molecule has 0 atom stereocenters. The number of carbonyl (C=O) groups is 1. The van der Waals surface area contributed by atoms with Crippen LogP contribution in [-0.2, 0) is 6.54 Å². The molecule has 0 aromatic heterocycles. The summed E-state index contributed by atoms with van der Waals surface area (Å²) in [6.45, 7) is 5.24. The summed E-state index contributed by atoms with van der Waals surface area (Å²) in [6, 6.07) is 12.4. The SMILES string of the molecule is Cl.Cl.O=C(CCN1CCN(Cc2ccc(F)cc2)CC1)c1ccc(F)cc1. The predicted octanol–water partition coefficient (Wildman–Crippen LogP) is 4.20. The molecular weight excluding hydrogens is 393 g/mol. The van der Waals surface area contributed by atoms with Crippen molar-refractivity contribution in [3.8, 4) is 0 Å². The van der Waals surface area contributed by atoms with E-state index in [1.807, 2.05) is 12.1 Å². The Morgan fingerprint density at radius 1 is 0.778 bits per heavy atom. The lowest BCUT2D eigenvalue weighted by molar-refractivity contribution is 0.0922. The van der Waals surface area contributed by atoms with E-state index in [0.717, 1.165) is 44.8 Å². The molecule has 0 amide bonds. The molecule has 0 saturated carbocycles. The van der Waals surface area contributed by atoms with E-state index in [-0.39, 0.29) is 42.2 Å². The fraction of sp³-hybridized carbons (Fsp3) is 0.350. The average molecular weight is 417 g/mol. The van der Waals surface area contributed by atoms with Gasteiger partial charge in [-0.1, -0.05) is 12.1 Å². The molecule has 1 aliphatic heterocycles. The van der Waals surface area contributed by atoms with Gasteiger partial charge in [-0.2, -0.15) is 0 Å². The van der Waals surface area contributed by atoms with Gasteiger partial charge in [0.2, 0.25) is 0 Å². The minimum absolute atomic E-state index is 0. The van der Waals surface area contributed by atoms with Gasteiger partial charge in [-0.05, 0) is 42.0 Å². The molecule has 1 aliphatic rings. The minimum Gasteiger partial charge on any atom is -0.300 e. The third-order valence-corrected chi connectivity index (χ3v) is 4.61. The number of carbonyl (C=O) groups excluding carboxylic acids is 1. The number of benzene rings is 2. The van der Waals surface area contributed by atoms with Gasteiger partial charge < -0.3 is 4.90 Å². The van der Waals surface area contributed by atoms with E-state index < -0.39 is 0 Å². The normalized spacial score (nSPS) is 14.9. The van der Waals surface area contributed by atoms with Crippen LogP contribution in [0, 0.1) is 11.6 Å². The van der Waals surface area contributed by atoms with Crippen molar-refractivity contribution in [1.29, 1.82) is 0 Å². The average Bonchev–Trinajstić information content (AvgIpc) is 2.63. The zero-order valence-corrected chi connectivity index (χ0v) is 16.6. The Kier molecular flexibility index (Phi) is 9.88. The first-order valence-electron chi connectivity index (χ1n) is 8.58. The number of nitrogens with zero attached hydrogens (tertiary/aromatic N) is 2. The maximum atomic E-state index is 12.9. The van der Waals surface area contributed by atoms with Crippen molar-refractivity contribution >= 4 is 30.6 Å². The van der Waals surface area contributed by atoms with E-state index in [0.29, 0.717) is 12.0 Å². The van der Waals surface area contributed by atoms with Gasteiger partial charge in [0.15, 0.2) is 5.78 Å². The predicted molar refractivity (Wildman–Crippen MR) is 108 cm³/mol. The highest BCUT2D eigenvalue weighted by atomic mass is 35.5. The minimum atomic E-state index is -0.325. The third-order valence-electron chi connectivity index (χ3n) is 4.61. The van der Waals surface area contributed by atoms with Crippen molar-refractivity contribution < 1.29 is 13.6 Å². The summed E-state index contributed by atoms with van der Waals surface area (Å²) in [5.41, 5.74) is 1.68. The van der Waals surface area contributed by atoms with Crippen molar-refractivity contribution in [2.75, 3.05) is 32.7 Å². The van der Waals surface area contributed by atoms with E-state index >= 15 is 0 Å². The maximum Gasteiger partial charge on any atom is 0.164 e. The zero-order valence-electron chi connectivity index (χ0n) is 14.9. The highest BCUT2D eigenvalue weighted by Crippen LogP contribution is 2.11. The second-order valence-electron chi connectivity index (χ2n) is 6.42. The zero-order chi connectivity index (χ0) is 17.6. The summed E-state index contributed by atoms with van der Waals surface area (Å²) in [4.78, 5) is 16.8. The molecule has 1 saturated heterocycles. The Morgan fingerprint density at radius 2 is 1.26 bits per heavy atom. The Balaban J connectivity index is 0.00000182. The summed E-state index contributed by atoms with van der Waals surface area (Å²) < 4.78 is 25.8. The summed E-state index contributed by atoms with van der Waals surface area (Å²) in [5, 5.41) is 0. The summed E-state index contributed by atoms with van der Waals surface area (Å²) in [6.07, 6.45) is 0.448. The van der Waals surface area contributed by atoms with Crippen LogP contribution in [0.15, 0.2) is 48.5 Å². The molecule has 148 valence electrons. The standard InChI is InChI=1S/C20H22F2N2O.2ClH/c21-18-5-1-16(2-6-18)15-24-13-11-23(12-14-24)10-9-20(25)17-3-7-19(22)8-4-17;;/h1-8H,9-15H2;2*1H. The third kappa shape index (κ3) is 7.18. The Bertz CT molecular complexity index is 703. The summed E-state index contributed by atoms with van der Waals surface area (Å²) >= 11 is 0. The van der Waals surface area contributed by atoms with Gasteiger partial charge in [-0.3, -0.25) is 9.69 Å². The molecule has 0 bridgehead atoms. The van der Waals surface area contributed by atoms with E-state index in [2.05, 4.69) is 9.80 Å². The van der Waals surface area contributed by atoms with Gasteiger partial charge in [-0.25, -0.2) is 8.78 Å². The molecule has 27 heavy (non-hydrogen) atoms. The molecule has 0 spiro atoms. The van der Waals surface area contributed by atoms with Crippen molar-refractivity contribution in [3.63, 3.8) is 0 Å². The second-order valence-corrected chi connectivity index (χ2v) is 6.42. The van der Waals surface area contributed by atoms with Crippen LogP contribution < -0.4 is 0 Å². The van der Waals surface area contributed by atoms with Crippen LogP contribution in [0.2, 0.25) is 0 Å². The van der Waals surface area contributed by atoms with Crippen LogP contribution in [0.25, 0.3) is 0 Å². The van der Waals surface area contributed by atoms with Gasteiger partial charge in [0.05, 0.1) is 0 Å². The monoisotopic (exact) mass is 416 g/mol. The molecule has 3 rings (SSSR count). The molecular formula is C20H24Cl2F2N2O. The van der Waals surface area contributed by atoms with E-state index in [9.17, 15) is 13.6 Å². The molecule has 2 aromatic rings. The Hall–Kier alpha value is -1.53. The number of ketones is 1. The first kappa shape index (κ1) is 23.5. The molecule has 0 N–H and O–H groups in total. The van der Waals surface area contributed by atoms with Crippen LogP contribution in [0.4, 0.5) is 8.78 Å². The number of halogens is 4. The summed E-state index contributed by atoms with van der Waals surface area (Å²) in [7, 11) is 0. The van der Waals surface area contributed by atoms with Crippen LogP contribution in [0.3, 0.4) is 0 Å². The van der Waals surface area contributed by atoms with Crippen molar-refractivity contribution in [2.45, 2.75) is 13.0 Å². The molecule has 1 heterocycles. The number of hydrogen-bond donors (Lipinski definition) is 0. The van der Waals surface area contributed by atoms with Gasteiger partial charge in [0.1, 0.15) is 11.6 Å². The van der Waals surface area contributed by atoms with E-state index in [4.69, 9.17) is 0 Å². The van der Waals surface area contributed by atoms with Crippen LogP contribution >= 0.6 is 24.8 Å². The first-order valence-corrected chi connectivity index (χ1v) is 8.58. The van der Waals surface area contributed by atoms with Gasteiger partial charge >= 0.3 is 0 Å². The molecule has 2 aromatic carbocycles. The Morgan fingerprint density at radius 3 is 1.81 bits per heavy atom. The molecule has 7 heteroatoms. The lowest BCUT2D eigenvalue weighted by Gasteiger charge is -2.34. The molecule has 0 unspecified atom stereocenters. The molecule has 0 radical (unpaired) electrons. The second kappa shape index (κ2) is 11.3. The smallest absolute Gasteiger partial charge is 0.164 e. The van der Waals surface area contributed by atoms with E-state index in [1.165, 1.54) is 36.4 Å². The van der Waals surface area contributed by atoms with Crippen LogP contribution in [0.1, 0.15) is 22.3 Å². The van der Waals surface area contributed by atoms with Crippen molar-refractivity contribution in [1.82, 2.24) is 9.80 Å². The van der Waals surface area contributed by atoms with Crippen molar-refractivity contribution in [3.05, 3.63) is 71.3 Å². The fourth-order valence-corrected chi connectivity index (χ4v) is 3.06. The number of rotatable bonds is 6. The molecule has 3 nitrogen and oxygen atoms in total. The Labute approximate surface area is 171 Å². The van der Waals surface area contributed by atoms with Gasteiger partial charge in [0.25, 0.3) is 0 Å². The lowest BCUT2D eigenvalue weighted by atomic mass is 10.1. The number of piperazine rings is 1. The largest absolute Gasteiger partial charge is 0.300 e. The number of hydrogen-bond acceptors (Lipinski definition) is 3. The molecule has 1 fully saturated rings. The summed E-state index contributed by atoms with van der Waals surface area (Å²) in [5.74, 6) is -0.484. The first-order chi connectivity index (χ1) is 12.1. The maximum absolute atomic E-state index is 12.9. The van der Waals surface area contributed by atoms with Crippen LogP contribution in [-0.4, -0.2) is 48.3 Å². The quantitative estimate of drug-likeness (QED) is 0.659. The topological polar surface area (TPSA) is 23.6 Å². The molecule has 0 aliphatic carbocycles. The fourth-order valence-electron chi connectivity index (χ4n) is 3.06. The highest BCUT2D eigenvalue weighted by Gasteiger charge is 2.18. The van der Waals surface area contributed by atoms with Gasteiger partial charge in [0, 0.05) is 51.3 Å².